The smallest absolute Gasteiger partial charge is 0.232 e. The second-order valence-electron chi connectivity index (χ2n) is 3.65. The van der Waals surface area contributed by atoms with Gasteiger partial charge >= 0.3 is 0 Å². The minimum Gasteiger partial charge on any atom is -0.504 e. The predicted octanol–water partition coefficient (Wildman–Crippen LogP) is 1.95. The van der Waals surface area contributed by atoms with Crippen molar-refractivity contribution < 1.29 is 17.9 Å². The van der Waals surface area contributed by atoms with E-state index in [9.17, 15) is 13.5 Å². The van der Waals surface area contributed by atoms with Gasteiger partial charge in [0, 0.05) is 17.6 Å². The number of phenols is 1. The molecule has 1 aromatic carbocycles. The van der Waals surface area contributed by atoms with Gasteiger partial charge in [-0.2, -0.15) is 0 Å². The van der Waals surface area contributed by atoms with Gasteiger partial charge in [0.1, 0.15) is 5.52 Å². The Morgan fingerprint density at radius 1 is 1.47 bits per heavy atom. The van der Waals surface area contributed by atoms with Gasteiger partial charge in [-0.1, -0.05) is 6.07 Å². The quantitative estimate of drug-likeness (QED) is 0.866. The normalized spacial score (nSPS) is 12.1. The summed E-state index contributed by atoms with van der Waals surface area (Å²) in [5.41, 5.74) is 1.28. The lowest BCUT2D eigenvalue weighted by atomic mass is 10.1. The Labute approximate surface area is 102 Å². The highest BCUT2D eigenvalue weighted by Crippen LogP contribution is 2.29. The van der Waals surface area contributed by atoms with Gasteiger partial charge in [-0.15, -0.1) is 0 Å². The van der Waals surface area contributed by atoms with Gasteiger partial charge in [0.05, 0.1) is 5.75 Å². The number of rotatable bonds is 3. The van der Waals surface area contributed by atoms with Crippen molar-refractivity contribution in [3.05, 3.63) is 23.6 Å². The van der Waals surface area contributed by atoms with Crippen LogP contribution in [0.4, 0.5) is 0 Å². The molecule has 0 aliphatic carbocycles. The van der Waals surface area contributed by atoms with E-state index in [2.05, 4.69) is 4.98 Å². The minimum absolute atomic E-state index is 0.0802. The van der Waals surface area contributed by atoms with Gasteiger partial charge in [-0.05, 0) is 18.1 Å². The van der Waals surface area contributed by atoms with Crippen LogP contribution in [0.5, 0.6) is 5.75 Å². The lowest BCUT2D eigenvalue weighted by Gasteiger charge is -2.02. The molecule has 0 spiro atoms. The molecule has 0 saturated heterocycles. The van der Waals surface area contributed by atoms with E-state index in [1.807, 2.05) is 0 Å². The maximum atomic E-state index is 10.8. The number of hydrogen-bond donors (Lipinski definition) is 1. The number of oxazole rings is 1. The second kappa shape index (κ2) is 4.19. The first-order valence-electron chi connectivity index (χ1n) is 4.87. The van der Waals surface area contributed by atoms with Gasteiger partial charge in [-0.25, -0.2) is 13.4 Å². The number of phenolic OH excluding ortho intramolecular Hbond substituents is 1. The number of aryl methyl sites for hydroxylation is 2. The maximum absolute atomic E-state index is 10.8. The summed E-state index contributed by atoms with van der Waals surface area (Å²) >= 11 is 0. The van der Waals surface area contributed by atoms with Crippen molar-refractivity contribution in [2.45, 2.75) is 13.3 Å². The van der Waals surface area contributed by atoms with Crippen LogP contribution in [-0.4, -0.2) is 24.3 Å². The molecule has 1 aromatic heterocycles. The first-order chi connectivity index (χ1) is 7.87. The van der Waals surface area contributed by atoms with Crippen molar-refractivity contribution in [1.82, 2.24) is 4.98 Å². The molecule has 0 aliphatic rings. The molecule has 0 bridgehead atoms. The number of nitrogens with zero attached hydrogens (tertiary/aromatic N) is 1. The molecule has 2 rings (SSSR count). The van der Waals surface area contributed by atoms with E-state index < -0.39 is 9.05 Å². The second-order valence-corrected chi connectivity index (χ2v) is 6.54. The molecule has 0 unspecified atom stereocenters. The Morgan fingerprint density at radius 2 is 2.18 bits per heavy atom. The Morgan fingerprint density at radius 3 is 2.82 bits per heavy atom. The molecule has 0 fully saturated rings. The Balaban J connectivity index is 2.39. The molecular weight excluding hydrogens is 266 g/mol. The summed E-state index contributed by atoms with van der Waals surface area (Å²) in [7, 11) is 1.54. The fourth-order valence-electron chi connectivity index (χ4n) is 1.56. The molecule has 0 saturated carbocycles. The number of fused-ring (bicyclic) bond motifs is 1. The topological polar surface area (TPSA) is 80.4 Å². The van der Waals surface area contributed by atoms with Crippen LogP contribution in [0.15, 0.2) is 16.5 Å². The van der Waals surface area contributed by atoms with Crippen molar-refractivity contribution in [1.29, 1.82) is 0 Å². The van der Waals surface area contributed by atoms with Crippen LogP contribution in [0.1, 0.15) is 11.5 Å². The summed E-state index contributed by atoms with van der Waals surface area (Å²) in [6.45, 7) is 1.67. The molecule has 92 valence electrons. The Bertz CT molecular complexity index is 662. The van der Waals surface area contributed by atoms with E-state index in [4.69, 9.17) is 15.1 Å². The summed E-state index contributed by atoms with van der Waals surface area (Å²) < 4.78 is 26.9. The monoisotopic (exact) mass is 275 g/mol. The molecule has 0 aliphatic heterocycles. The van der Waals surface area contributed by atoms with Crippen LogP contribution >= 0.6 is 10.7 Å². The van der Waals surface area contributed by atoms with Crippen LogP contribution in [0, 0.1) is 6.92 Å². The van der Waals surface area contributed by atoms with Crippen LogP contribution in [0.3, 0.4) is 0 Å². The molecule has 0 amide bonds. The third-order valence-corrected chi connectivity index (χ3v) is 3.49. The zero-order valence-electron chi connectivity index (χ0n) is 8.97. The minimum atomic E-state index is -3.57. The van der Waals surface area contributed by atoms with Crippen LogP contribution in [0.25, 0.3) is 11.1 Å². The lowest BCUT2D eigenvalue weighted by Crippen LogP contribution is -2.01. The summed E-state index contributed by atoms with van der Waals surface area (Å²) in [5.74, 6) is 0.127. The van der Waals surface area contributed by atoms with Crippen LogP contribution < -0.4 is 0 Å². The standard InChI is InChI=1S/C10H10ClNO4S/c1-6-12-8-3-2-7(4-5-17(11,14)15)9(13)10(8)16-6/h2-3,13H,4-5H2,1H3. The fraction of sp³-hybridized carbons (Fsp3) is 0.300. The predicted molar refractivity (Wildman–Crippen MR) is 63.8 cm³/mol. The summed E-state index contributed by atoms with van der Waals surface area (Å²) in [6, 6.07) is 3.28. The summed E-state index contributed by atoms with van der Waals surface area (Å²) in [6.07, 6.45) is 0.132. The maximum Gasteiger partial charge on any atom is 0.232 e. The largest absolute Gasteiger partial charge is 0.504 e. The zero-order valence-corrected chi connectivity index (χ0v) is 10.5. The van der Waals surface area contributed by atoms with Crippen molar-refractivity contribution in [2.24, 2.45) is 0 Å². The van der Waals surface area contributed by atoms with E-state index in [0.717, 1.165) is 0 Å². The number of aromatic hydroxyl groups is 1. The molecule has 2 aromatic rings. The van der Waals surface area contributed by atoms with Crippen molar-refractivity contribution >= 4 is 30.8 Å². The number of halogens is 1. The van der Waals surface area contributed by atoms with Gasteiger partial charge in [0.2, 0.25) is 9.05 Å². The lowest BCUT2D eigenvalue weighted by molar-refractivity contribution is 0.454. The number of hydrogen-bond acceptors (Lipinski definition) is 5. The summed E-state index contributed by atoms with van der Waals surface area (Å²) in [5, 5.41) is 9.89. The Hall–Kier alpha value is -1.27. The first-order valence-corrected chi connectivity index (χ1v) is 7.35. The molecule has 17 heavy (non-hydrogen) atoms. The molecule has 5 nitrogen and oxygen atoms in total. The highest BCUT2D eigenvalue weighted by molar-refractivity contribution is 8.13. The molecular formula is C10H10ClNO4S. The highest BCUT2D eigenvalue weighted by Gasteiger charge is 2.14. The average molecular weight is 276 g/mol. The molecule has 1 N–H and O–H groups in total. The van der Waals surface area contributed by atoms with Gasteiger partial charge < -0.3 is 9.52 Å². The van der Waals surface area contributed by atoms with E-state index in [1.54, 1.807) is 19.1 Å². The van der Waals surface area contributed by atoms with Crippen LogP contribution in [-0.2, 0) is 15.5 Å². The summed E-state index contributed by atoms with van der Waals surface area (Å²) in [4.78, 5) is 4.05. The van der Waals surface area contributed by atoms with Gasteiger partial charge in [-0.3, -0.25) is 0 Å². The zero-order chi connectivity index (χ0) is 12.6. The Kier molecular flexibility index (Phi) is 3.01. The average Bonchev–Trinajstić information content (AvgIpc) is 2.57. The van der Waals surface area contributed by atoms with Crippen molar-refractivity contribution in [2.75, 3.05) is 5.75 Å². The fourth-order valence-corrected chi connectivity index (χ4v) is 2.26. The van der Waals surface area contributed by atoms with Crippen LogP contribution in [0.2, 0.25) is 0 Å². The van der Waals surface area contributed by atoms with Gasteiger partial charge in [0.15, 0.2) is 17.2 Å². The van der Waals surface area contributed by atoms with Gasteiger partial charge in [0.25, 0.3) is 0 Å². The highest BCUT2D eigenvalue weighted by atomic mass is 35.7. The molecule has 7 heteroatoms. The van der Waals surface area contributed by atoms with E-state index >= 15 is 0 Å². The molecule has 1 heterocycles. The molecule has 0 radical (unpaired) electrons. The SMILES string of the molecule is Cc1nc2ccc(CCS(=O)(=O)Cl)c(O)c2o1. The third-order valence-electron chi connectivity index (χ3n) is 2.34. The van der Waals surface area contributed by atoms with E-state index in [-0.39, 0.29) is 23.5 Å². The van der Waals surface area contributed by atoms with E-state index in [1.165, 1.54) is 0 Å². The van der Waals surface area contributed by atoms with Crippen molar-refractivity contribution in [3.8, 4) is 5.75 Å². The molecule has 0 atom stereocenters. The number of benzene rings is 1. The third kappa shape index (κ3) is 2.70. The van der Waals surface area contributed by atoms with E-state index in [0.29, 0.717) is 17.0 Å². The van der Waals surface area contributed by atoms with Crippen molar-refractivity contribution in [3.63, 3.8) is 0 Å². The number of aromatic nitrogens is 1. The first kappa shape index (κ1) is 12.2.